The summed E-state index contributed by atoms with van der Waals surface area (Å²) in [5.41, 5.74) is 5.73. The molecule has 1 aromatic heterocycles. The summed E-state index contributed by atoms with van der Waals surface area (Å²) in [5, 5.41) is 2.82. The van der Waals surface area contributed by atoms with Crippen molar-refractivity contribution in [3.05, 3.63) is 18.7 Å². The number of carbonyl (C=O) groups excluding carboxylic acids is 1. The van der Waals surface area contributed by atoms with Crippen LogP contribution in [0.1, 0.15) is 26.2 Å². The van der Waals surface area contributed by atoms with Crippen molar-refractivity contribution in [2.24, 2.45) is 5.73 Å². The van der Waals surface area contributed by atoms with E-state index in [4.69, 9.17) is 5.73 Å². The zero-order valence-corrected chi connectivity index (χ0v) is 9.72. The molecular weight excluding hydrogens is 204 g/mol. The van der Waals surface area contributed by atoms with Gasteiger partial charge in [0.25, 0.3) is 0 Å². The average Bonchev–Trinajstić information content (AvgIpc) is 2.78. The van der Waals surface area contributed by atoms with Crippen molar-refractivity contribution in [3.63, 3.8) is 0 Å². The third-order valence-electron chi connectivity index (χ3n) is 2.43. The van der Waals surface area contributed by atoms with Crippen LogP contribution in [0.5, 0.6) is 0 Å². The second-order valence-electron chi connectivity index (χ2n) is 3.84. The first-order valence-corrected chi connectivity index (χ1v) is 5.73. The van der Waals surface area contributed by atoms with Gasteiger partial charge in [0.2, 0.25) is 5.91 Å². The highest BCUT2D eigenvalue weighted by atomic mass is 16.2. The topological polar surface area (TPSA) is 72.9 Å². The molecule has 0 radical (unpaired) electrons. The van der Waals surface area contributed by atoms with E-state index >= 15 is 0 Å². The summed E-state index contributed by atoms with van der Waals surface area (Å²) in [4.78, 5) is 15.4. The van der Waals surface area contributed by atoms with Gasteiger partial charge in [-0.25, -0.2) is 4.98 Å². The summed E-state index contributed by atoms with van der Waals surface area (Å²) in [6, 6.07) is -0.372. The maximum atomic E-state index is 11.5. The largest absolute Gasteiger partial charge is 0.353 e. The standard InChI is InChI=1S/C11H20N4O/c1-2-3-4-10(12)11(16)14-6-8-15-7-5-13-9-15/h5,7,9-10H,2-4,6,8,12H2,1H3,(H,14,16). The minimum atomic E-state index is -0.372. The number of amides is 1. The molecule has 0 aliphatic carbocycles. The van der Waals surface area contributed by atoms with Gasteiger partial charge >= 0.3 is 0 Å². The highest BCUT2D eigenvalue weighted by molar-refractivity contribution is 5.81. The quantitative estimate of drug-likeness (QED) is 0.709. The summed E-state index contributed by atoms with van der Waals surface area (Å²) in [5.74, 6) is -0.0615. The SMILES string of the molecule is CCCCC(N)C(=O)NCCn1ccnc1. The lowest BCUT2D eigenvalue weighted by molar-refractivity contribution is -0.122. The normalized spacial score (nSPS) is 12.4. The number of carbonyl (C=O) groups is 1. The van der Waals surface area contributed by atoms with Crippen molar-refractivity contribution in [1.82, 2.24) is 14.9 Å². The summed E-state index contributed by atoms with van der Waals surface area (Å²) in [6.07, 6.45) is 8.13. The third-order valence-corrected chi connectivity index (χ3v) is 2.43. The molecule has 90 valence electrons. The monoisotopic (exact) mass is 224 g/mol. The van der Waals surface area contributed by atoms with E-state index < -0.39 is 0 Å². The summed E-state index contributed by atoms with van der Waals surface area (Å²) >= 11 is 0. The van der Waals surface area contributed by atoms with Crippen LogP contribution in [0.25, 0.3) is 0 Å². The van der Waals surface area contributed by atoms with Crippen LogP contribution in [0.15, 0.2) is 18.7 Å². The number of hydrogen-bond donors (Lipinski definition) is 2. The summed E-state index contributed by atoms with van der Waals surface area (Å²) in [6.45, 7) is 3.41. The van der Waals surface area contributed by atoms with Gasteiger partial charge in [-0.3, -0.25) is 4.79 Å². The van der Waals surface area contributed by atoms with Crippen molar-refractivity contribution in [2.45, 2.75) is 38.8 Å². The van der Waals surface area contributed by atoms with Gasteiger partial charge in [0.05, 0.1) is 12.4 Å². The minimum absolute atomic E-state index is 0.0615. The fraction of sp³-hybridized carbons (Fsp3) is 0.636. The van der Waals surface area contributed by atoms with Gasteiger partial charge in [-0.1, -0.05) is 19.8 Å². The maximum absolute atomic E-state index is 11.5. The van der Waals surface area contributed by atoms with E-state index in [0.29, 0.717) is 6.54 Å². The number of imidazole rings is 1. The van der Waals surface area contributed by atoms with Gasteiger partial charge in [0, 0.05) is 25.5 Å². The lowest BCUT2D eigenvalue weighted by Crippen LogP contribution is -2.41. The van der Waals surface area contributed by atoms with E-state index in [1.165, 1.54) is 0 Å². The van der Waals surface area contributed by atoms with Crippen molar-refractivity contribution in [3.8, 4) is 0 Å². The van der Waals surface area contributed by atoms with Gasteiger partial charge in [-0.15, -0.1) is 0 Å². The van der Waals surface area contributed by atoms with E-state index in [9.17, 15) is 4.79 Å². The number of nitrogens with two attached hydrogens (primary N) is 1. The highest BCUT2D eigenvalue weighted by Gasteiger charge is 2.11. The third kappa shape index (κ3) is 4.44. The molecule has 5 nitrogen and oxygen atoms in total. The van der Waals surface area contributed by atoms with Crippen LogP contribution in [0.2, 0.25) is 0 Å². The van der Waals surface area contributed by atoms with Crippen LogP contribution in [0.3, 0.4) is 0 Å². The Morgan fingerprint density at radius 3 is 3.06 bits per heavy atom. The molecule has 1 rings (SSSR count). The Kier molecular flexibility index (Phi) is 5.56. The van der Waals surface area contributed by atoms with E-state index in [1.807, 2.05) is 10.8 Å². The molecule has 0 aliphatic rings. The lowest BCUT2D eigenvalue weighted by Gasteiger charge is -2.11. The summed E-state index contributed by atoms with van der Waals surface area (Å²) < 4.78 is 1.91. The van der Waals surface area contributed by atoms with Gasteiger partial charge in [-0.2, -0.15) is 0 Å². The molecule has 1 heterocycles. The van der Waals surface area contributed by atoms with E-state index in [-0.39, 0.29) is 11.9 Å². The zero-order chi connectivity index (χ0) is 11.8. The molecule has 1 unspecified atom stereocenters. The number of unbranched alkanes of at least 4 members (excludes halogenated alkanes) is 1. The fourth-order valence-electron chi connectivity index (χ4n) is 1.41. The highest BCUT2D eigenvalue weighted by Crippen LogP contribution is 1.97. The van der Waals surface area contributed by atoms with Gasteiger partial charge in [-0.05, 0) is 6.42 Å². The molecule has 1 aromatic rings. The van der Waals surface area contributed by atoms with Gasteiger partial charge in [0.1, 0.15) is 0 Å². The minimum Gasteiger partial charge on any atom is -0.353 e. The average molecular weight is 224 g/mol. The molecule has 16 heavy (non-hydrogen) atoms. The van der Waals surface area contributed by atoms with Crippen LogP contribution < -0.4 is 11.1 Å². The van der Waals surface area contributed by atoms with Crippen molar-refractivity contribution in [1.29, 1.82) is 0 Å². The van der Waals surface area contributed by atoms with Crippen molar-refractivity contribution in [2.75, 3.05) is 6.54 Å². The molecule has 0 saturated heterocycles. The molecular formula is C11H20N4O. The van der Waals surface area contributed by atoms with Crippen LogP contribution >= 0.6 is 0 Å². The van der Waals surface area contributed by atoms with Crippen LogP contribution in [0, 0.1) is 0 Å². The Morgan fingerprint density at radius 2 is 2.44 bits per heavy atom. The predicted molar refractivity (Wildman–Crippen MR) is 62.7 cm³/mol. The maximum Gasteiger partial charge on any atom is 0.236 e. The first kappa shape index (κ1) is 12.7. The Hall–Kier alpha value is -1.36. The molecule has 0 aromatic carbocycles. The smallest absolute Gasteiger partial charge is 0.236 e. The van der Waals surface area contributed by atoms with Gasteiger partial charge < -0.3 is 15.6 Å². The Morgan fingerprint density at radius 1 is 1.62 bits per heavy atom. The lowest BCUT2D eigenvalue weighted by atomic mass is 10.1. The Balaban J connectivity index is 2.14. The zero-order valence-electron chi connectivity index (χ0n) is 9.72. The van der Waals surface area contributed by atoms with E-state index in [1.54, 1.807) is 12.5 Å². The summed E-state index contributed by atoms with van der Waals surface area (Å²) in [7, 11) is 0. The molecule has 1 atom stereocenters. The molecule has 0 aliphatic heterocycles. The second-order valence-corrected chi connectivity index (χ2v) is 3.84. The molecule has 0 spiro atoms. The number of nitrogens with zero attached hydrogens (tertiary/aromatic N) is 2. The predicted octanol–water partition coefficient (Wildman–Crippen LogP) is 0.517. The molecule has 0 saturated carbocycles. The van der Waals surface area contributed by atoms with Crippen LogP contribution in [-0.2, 0) is 11.3 Å². The first-order chi connectivity index (χ1) is 7.74. The molecule has 1 amide bonds. The van der Waals surface area contributed by atoms with Crippen LogP contribution in [-0.4, -0.2) is 28.0 Å². The van der Waals surface area contributed by atoms with Crippen molar-refractivity contribution < 1.29 is 4.79 Å². The molecule has 0 fully saturated rings. The number of nitrogens with one attached hydrogen (secondary N) is 1. The van der Waals surface area contributed by atoms with Crippen molar-refractivity contribution >= 4 is 5.91 Å². The van der Waals surface area contributed by atoms with E-state index in [0.717, 1.165) is 25.8 Å². The van der Waals surface area contributed by atoms with E-state index in [2.05, 4.69) is 17.2 Å². The van der Waals surface area contributed by atoms with Gasteiger partial charge in [0.15, 0.2) is 0 Å². The number of aromatic nitrogens is 2. The Bertz CT molecular complexity index is 297. The van der Waals surface area contributed by atoms with Crippen LogP contribution in [0.4, 0.5) is 0 Å². The fourth-order valence-corrected chi connectivity index (χ4v) is 1.41. The second kappa shape index (κ2) is 7.00. The number of hydrogen-bond acceptors (Lipinski definition) is 3. The molecule has 5 heteroatoms. The Labute approximate surface area is 96.0 Å². The molecule has 0 bridgehead atoms. The molecule has 3 N–H and O–H groups in total. The first-order valence-electron chi connectivity index (χ1n) is 5.73. The number of rotatable bonds is 7.